The van der Waals surface area contributed by atoms with Gasteiger partial charge in [-0.15, -0.1) is 11.3 Å². The average Bonchev–Trinajstić information content (AvgIpc) is 4.21. The zero-order valence-electron chi connectivity index (χ0n) is 38.9. The molecule has 2 bridgehead atoms. The Bertz CT molecular complexity index is 3950. The Morgan fingerprint density at radius 3 is 1.97 bits per heavy atom. The van der Waals surface area contributed by atoms with Crippen molar-refractivity contribution in [2.45, 2.75) is 31.1 Å². The van der Waals surface area contributed by atoms with Gasteiger partial charge in [-0.3, -0.25) is 0 Å². The van der Waals surface area contributed by atoms with Crippen LogP contribution in [0.5, 0.6) is 0 Å². The molecular weight excluding hydrogens is 863 g/mol. The van der Waals surface area contributed by atoms with Gasteiger partial charge in [0.05, 0.1) is 5.69 Å². The van der Waals surface area contributed by atoms with E-state index < -0.39 is 0 Å². The Kier molecular flexibility index (Phi) is 8.16. The molecule has 0 aliphatic heterocycles. The van der Waals surface area contributed by atoms with Crippen LogP contribution in [-0.4, -0.2) is 0 Å². The fraction of sp³-hybridized carbons (Fsp3) is 0.147. The normalized spacial score (nSPS) is 23.0. The number of hydrogen-bond acceptors (Lipinski definition) is 2. The van der Waals surface area contributed by atoms with Gasteiger partial charge in [0.1, 0.15) is 0 Å². The van der Waals surface area contributed by atoms with Gasteiger partial charge in [0, 0.05) is 42.5 Å². The molecule has 10 aromatic carbocycles. The van der Waals surface area contributed by atoms with E-state index in [4.69, 9.17) is 0 Å². The molecule has 16 rings (SSSR count). The van der Waals surface area contributed by atoms with E-state index in [1.165, 1.54) is 112 Å². The van der Waals surface area contributed by atoms with Crippen LogP contribution in [0.4, 0.5) is 17.1 Å². The maximum Gasteiger partial charge on any atom is 0.0540 e. The number of nitrogens with zero attached hydrogens (tertiary/aromatic N) is 1. The second kappa shape index (κ2) is 14.5. The first-order valence-corrected chi connectivity index (χ1v) is 26.3. The SMILES string of the molecule is c1ccc(-c2cccc3cccc(-c4ccccc4N(c4ccc(-c5ccc6c(c5)C5(c7ccccc7-6)C6CC7CC8CC5C86C7)cc4)c4cccc(-c5cccc6c5sc5ccccc56)c4)c23)cc1. The molecule has 11 aromatic rings. The van der Waals surface area contributed by atoms with Crippen molar-refractivity contribution in [1.29, 1.82) is 0 Å². The topological polar surface area (TPSA) is 3.24 Å². The Morgan fingerprint density at radius 1 is 0.414 bits per heavy atom. The number of rotatable bonds is 7. The monoisotopic (exact) mass is 911 g/mol. The van der Waals surface area contributed by atoms with E-state index in [1.807, 2.05) is 11.3 Å². The molecule has 0 N–H and O–H groups in total. The fourth-order valence-corrected chi connectivity index (χ4v) is 17.1. The smallest absolute Gasteiger partial charge is 0.0540 e. The number of para-hydroxylation sites is 1. The molecule has 6 atom stereocenters. The summed E-state index contributed by atoms with van der Waals surface area (Å²) in [7, 11) is 0. The average molecular weight is 912 g/mol. The number of hydrogen-bond donors (Lipinski definition) is 0. The van der Waals surface area contributed by atoms with Crippen LogP contribution in [0.1, 0.15) is 36.8 Å². The lowest BCUT2D eigenvalue weighted by Crippen LogP contribution is -2.73. The van der Waals surface area contributed by atoms with E-state index in [2.05, 4.69) is 229 Å². The maximum atomic E-state index is 2.63. The highest BCUT2D eigenvalue weighted by Crippen LogP contribution is 2.89. The first-order chi connectivity index (χ1) is 34.7. The molecule has 2 heteroatoms. The summed E-state index contributed by atoms with van der Waals surface area (Å²) < 4.78 is 2.65. The standard InChI is InChI=1S/C68H49NS/c1-2-14-44(15-3-1)51-23-11-16-45-17-12-25-57(65(45)51)55-21-5-8-28-61(55)69(50-19-10-18-47(38-50)52-24-13-26-58-56-22-6-9-29-62(56)70-66(52)58)49-33-30-43(31-34-49)46-32-35-54-53-20-4-7-27-59(53)68(60(54)39-46)63-37-42-36-48-40-64(68)67(48,63)41-42/h1-35,38-39,42,48,63-64H,36-37,40-41H2. The molecule has 1 aromatic heterocycles. The number of fused-ring (bicyclic) bond motifs is 12. The van der Waals surface area contributed by atoms with Gasteiger partial charge < -0.3 is 4.90 Å². The van der Waals surface area contributed by atoms with Crippen LogP contribution < -0.4 is 4.90 Å². The predicted octanol–water partition coefficient (Wildman–Crippen LogP) is 18.7. The van der Waals surface area contributed by atoms with E-state index in [-0.39, 0.29) is 5.41 Å². The van der Waals surface area contributed by atoms with Crippen LogP contribution in [0.2, 0.25) is 0 Å². The molecule has 1 nitrogen and oxygen atoms in total. The van der Waals surface area contributed by atoms with Crippen molar-refractivity contribution in [2.75, 3.05) is 4.90 Å². The molecule has 5 aliphatic rings. The molecule has 70 heavy (non-hydrogen) atoms. The minimum Gasteiger partial charge on any atom is -0.310 e. The van der Waals surface area contributed by atoms with Crippen LogP contribution in [-0.2, 0) is 5.41 Å². The third kappa shape index (κ3) is 5.17. The lowest BCUT2D eigenvalue weighted by molar-refractivity contribution is -0.231. The second-order valence-electron chi connectivity index (χ2n) is 21.2. The van der Waals surface area contributed by atoms with E-state index in [1.54, 1.807) is 11.1 Å². The molecule has 0 radical (unpaired) electrons. The quantitative estimate of drug-likeness (QED) is 0.154. The van der Waals surface area contributed by atoms with Crippen LogP contribution in [0.15, 0.2) is 224 Å². The van der Waals surface area contributed by atoms with Crippen molar-refractivity contribution < 1.29 is 0 Å². The Balaban J connectivity index is 0.856. The molecule has 332 valence electrons. The Labute approximate surface area is 413 Å². The molecule has 6 unspecified atom stereocenters. The number of anilines is 3. The first-order valence-electron chi connectivity index (χ1n) is 25.5. The zero-order valence-corrected chi connectivity index (χ0v) is 39.7. The van der Waals surface area contributed by atoms with Crippen LogP contribution >= 0.6 is 11.3 Å². The van der Waals surface area contributed by atoms with Crippen molar-refractivity contribution in [3.63, 3.8) is 0 Å². The van der Waals surface area contributed by atoms with Gasteiger partial charge in [-0.2, -0.15) is 0 Å². The van der Waals surface area contributed by atoms with Gasteiger partial charge in [-0.25, -0.2) is 0 Å². The van der Waals surface area contributed by atoms with Gasteiger partial charge in [0.15, 0.2) is 0 Å². The van der Waals surface area contributed by atoms with Crippen LogP contribution in [0.25, 0.3) is 86.6 Å². The van der Waals surface area contributed by atoms with Crippen molar-refractivity contribution in [1.82, 2.24) is 0 Å². The van der Waals surface area contributed by atoms with Crippen molar-refractivity contribution >= 4 is 59.3 Å². The lowest BCUT2D eigenvalue weighted by Gasteiger charge is -2.76. The fourth-order valence-electron chi connectivity index (χ4n) is 15.8. The summed E-state index contributed by atoms with van der Waals surface area (Å²) in [6, 6.07) is 84.8. The molecular formula is C68H49NS. The minimum absolute atomic E-state index is 0.182. The third-order valence-corrected chi connectivity index (χ3v) is 19.6. The van der Waals surface area contributed by atoms with Crippen molar-refractivity contribution in [3.8, 4) is 55.6 Å². The third-order valence-electron chi connectivity index (χ3n) is 18.3. The van der Waals surface area contributed by atoms with Crippen molar-refractivity contribution in [3.05, 3.63) is 236 Å². The molecule has 4 saturated carbocycles. The summed E-state index contributed by atoms with van der Waals surface area (Å²) in [5, 5.41) is 5.14. The summed E-state index contributed by atoms with van der Waals surface area (Å²) in [5.41, 5.74) is 20.4. The summed E-state index contributed by atoms with van der Waals surface area (Å²) in [6.45, 7) is 0. The second-order valence-corrected chi connectivity index (χ2v) is 22.2. The number of benzene rings is 10. The highest BCUT2D eigenvalue weighted by atomic mass is 32.1. The Morgan fingerprint density at radius 2 is 1.09 bits per heavy atom. The van der Waals surface area contributed by atoms with Crippen molar-refractivity contribution in [2.24, 2.45) is 29.1 Å². The lowest BCUT2D eigenvalue weighted by atomic mass is 9.27. The van der Waals surface area contributed by atoms with E-state index in [9.17, 15) is 0 Å². The highest BCUT2D eigenvalue weighted by Gasteiger charge is 2.84. The van der Waals surface area contributed by atoms with Gasteiger partial charge >= 0.3 is 0 Å². The largest absolute Gasteiger partial charge is 0.310 e. The van der Waals surface area contributed by atoms with E-state index in [0.29, 0.717) is 5.41 Å². The molecule has 2 spiro atoms. The van der Waals surface area contributed by atoms with Crippen LogP contribution in [0.3, 0.4) is 0 Å². The molecule has 0 saturated heterocycles. The molecule has 4 fully saturated rings. The molecule has 5 aliphatic carbocycles. The molecule has 0 amide bonds. The summed E-state index contributed by atoms with van der Waals surface area (Å²) in [6.07, 6.45) is 5.83. The first kappa shape index (κ1) is 39.3. The zero-order chi connectivity index (χ0) is 45.7. The van der Waals surface area contributed by atoms with Gasteiger partial charge in [0.25, 0.3) is 0 Å². The van der Waals surface area contributed by atoms with Gasteiger partial charge in [0.2, 0.25) is 0 Å². The van der Waals surface area contributed by atoms with Gasteiger partial charge in [-0.05, 0) is 169 Å². The highest BCUT2D eigenvalue weighted by molar-refractivity contribution is 7.26. The summed E-state index contributed by atoms with van der Waals surface area (Å²) in [4.78, 5) is 2.50. The van der Waals surface area contributed by atoms with E-state index in [0.717, 1.165) is 40.7 Å². The predicted molar refractivity (Wildman–Crippen MR) is 294 cm³/mol. The summed E-state index contributed by atoms with van der Waals surface area (Å²) >= 11 is 1.89. The minimum atomic E-state index is 0.182. The number of thiophene rings is 1. The maximum absolute atomic E-state index is 2.63. The van der Waals surface area contributed by atoms with Crippen LogP contribution in [0, 0.1) is 29.1 Å². The molecule has 1 heterocycles. The Hall–Kier alpha value is -7.52. The summed E-state index contributed by atoms with van der Waals surface area (Å²) in [5.74, 6) is 3.51. The van der Waals surface area contributed by atoms with Gasteiger partial charge in [-0.1, -0.05) is 182 Å². The van der Waals surface area contributed by atoms with E-state index >= 15 is 0 Å².